The van der Waals surface area contributed by atoms with Crippen LogP contribution >= 0.6 is 11.6 Å². The van der Waals surface area contributed by atoms with Crippen LogP contribution in [0, 0.1) is 12.8 Å². The molecule has 3 aromatic carbocycles. The van der Waals surface area contributed by atoms with Crippen molar-refractivity contribution in [3.05, 3.63) is 100 Å². The number of carbonyl (C=O) groups excluding carboxylic acids is 1. The van der Waals surface area contributed by atoms with E-state index in [9.17, 15) is 4.79 Å². The molecule has 0 bridgehead atoms. The molecule has 0 radical (unpaired) electrons. The zero-order valence-corrected chi connectivity index (χ0v) is 24.0. The molecule has 5 rings (SSSR count). The van der Waals surface area contributed by atoms with Gasteiger partial charge >= 0.3 is 0 Å². The molecule has 204 valence electrons. The van der Waals surface area contributed by atoms with Crippen molar-refractivity contribution >= 4 is 28.5 Å². The van der Waals surface area contributed by atoms with Crippen LogP contribution in [0.2, 0.25) is 5.02 Å². The minimum atomic E-state index is -0.197. The van der Waals surface area contributed by atoms with E-state index in [2.05, 4.69) is 52.9 Å². The second-order valence-corrected chi connectivity index (χ2v) is 11.6. The quantitative estimate of drug-likeness (QED) is 0.201. The smallest absolute Gasteiger partial charge is 0.254 e. The molecular weight excluding hydrogens is 504 g/mol. The molecule has 6 heteroatoms. The molecule has 0 saturated heterocycles. The first-order chi connectivity index (χ1) is 18.9. The van der Waals surface area contributed by atoms with E-state index in [-0.39, 0.29) is 17.9 Å². The Morgan fingerprint density at radius 3 is 2.49 bits per heavy atom. The van der Waals surface area contributed by atoms with Crippen LogP contribution in [-0.4, -0.2) is 39.5 Å². The second-order valence-electron chi connectivity index (χ2n) is 11.2. The predicted molar refractivity (Wildman–Crippen MR) is 160 cm³/mol. The van der Waals surface area contributed by atoms with E-state index in [1.165, 1.54) is 24.8 Å². The Bertz CT molecular complexity index is 1390. The van der Waals surface area contributed by atoms with Gasteiger partial charge in [-0.2, -0.15) is 0 Å². The summed E-state index contributed by atoms with van der Waals surface area (Å²) in [4.78, 5) is 21.4. The lowest BCUT2D eigenvalue weighted by Crippen LogP contribution is -2.41. The number of rotatable bonds is 11. The number of hydrogen-bond acceptors (Lipinski definition) is 3. The van der Waals surface area contributed by atoms with E-state index in [4.69, 9.17) is 16.6 Å². The van der Waals surface area contributed by atoms with E-state index in [1.54, 1.807) is 0 Å². The lowest BCUT2D eigenvalue weighted by atomic mass is 9.93. The molecule has 0 aliphatic heterocycles. The Morgan fingerprint density at radius 1 is 1.08 bits per heavy atom. The highest BCUT2D eigenvalue weighted by Crippen LogP contribution is 2.34. The molecule has 39 heavy (non-hydrogen) atoms. The van der Waals surface area contributed by atoms with Crippen LogP contribution in [0.5, 0.6) is 0 Å². The van der Waals surface area contributed by atoms with Gasteiger partial charge in [0.15, 0.2) is 0 Å². The fraction of sp³-hybridized carbons (Fsp3) is 0.394. The lowest BCUT2D eigenvalue weighted by Gasteiger charge is -2.35. The molecule has 4 aromatic rings. The Kier molecular flexibility index (Phi) is 8.69. The standard InChI is InChI=1S/C33H39ClN4O/c1-23(2)31(32-36-29-21-27(34)17-18-30(29)38(32)22-25-9-5-4-6-10-25)37(20-8-19-35-28-11-7-12-28)33(39)26-15-13-24(3)14-16-26/h4-6,9-10,13-18,21,23,28,31,35H,7-8,11-12,19-20,22H2,1-3H3/t31-/m1/s1. The summed E-state index contributed by atoms with van der Waals surface area (Å²) in [6.07, 6.45) is 4.72. The molecule has 1 amide bonds. The van der Waals surface area contributed by atoms with Crippen LogP contribution in [-0.2, 0) is 6.54 Å². The zero-order chi connectivity index (χ0) is 27.4. The van der Waals surface area contributed by atoms with E-state index in [0.717, 1.165) is 35.4 Å². The van der Waals surface area contributed by atoms with Gasteiger partial charge in [-0.25, -0.2) is 4.98 Å². The Morgan fingerprint density at radius 2 is 1.82 bits per heavy atom. The summed E-state index contributed by atoms with van der Waals surface area (Å²) in [6, 6.07) is 24.7. The van der Waals surface area contributed by atoms with E-state index in [0.29, 0.717) is 29.7 Å². The average Bonchev–Trinajstić information content (AvgIpc) is 3.23. The Labute approximate surface area is 237 Å². The van der Waals surface area contributed by atoms with Gasteiger partial charge in [0.2, 0.25) is 0 Å². The van der Waals surface area contributed by atoms with Gasteiger partial charge in [0, 0.05) is 29.7 Å². The third-order valence-electron chi connectivity index (χ3n) is 7.83. The third kappa shape index (κ3) is 6.37. The molecule has 1 aliphatic carbocycles. The summed E-state index contributed by atoms with van der Waals surface area (Å²) in [7, 11) is 0. The molecule has 1 aromatic heterocycles. The first-order valence-corrected chi connectivity index (χ1v) is 14.6. The number of carbonyl (C=O) groups is 1. The van der Waals surface area contributed by atoms with Crippen LogP contribution in [0.1, 0.15) is 72.9 Å². The van der Waals surface area contributed by atoms with Gasteiger partial charge in [-0.05, 0) is 74.5 Å². The van der Waals surface area contributed by atoms with Gasteiger partial charge in [0.05, 0.1) is 17.1 Å². The number of aromatic nitrogens is 2. The van der Waals surface area contributed by atoms with Crippen molar-refractivity contribution in [1.82, 2.24) is 19.8 Å². The number of hydrogen-bond donors (Lipinski definition) is 1. The van der Waals surface area contributed by atoms with Gasteiger partial charge in [-0.15, -0.1) is 0 Å². The maximum absolute atomic E-state index is 14.2. The Balaban J connectivity index is 1.55. The van der Waals surface area contributed by atoms with Gasteiger partial charge < -0.3 is 14.8 Å². The minimum Gasteiger partial charge on any atom is -0.328 e. The van der Waals surface area contributed by atoms with Gasteiger partial charge in [0.1, 0.15) is 5.82 Å². The molecule has 1 saturated carbocycles. The van der Waals surface area contributed by atoms with Crippen LogP contribution in [0.25, 0.3) is 11.0 Å². The molecule has 1 atom stereocenters. The summed E-state index contributed by atoms with van der Waals surface area (Å²) >= 11 is 6.39. The highest BCUT2D eigenvalue weighted by atomic mass is 35.5. The van der Waals surface area contributed by atoms with Crippen molar-refractivity contribution in [2.24, 2.45) is 5.92 Å². The van der Waals surface area contributed by atoms with Crippen molar-refractivity contribution < 1.29 is 4.79 Å². The fourth-order valence-electron chi connectivity index (χ4n) is 5.47. The normalized spacial score (nSPS) is 14.5. The fourth-order valence-corrected chi connectivity index (χ4v) is 5.64. The van der Waals surface area contributed by atoms with Crippen LogP contribution in [0.4, 0.5) is 0 Å². The molecular formula is C33H39ClN4O. The van der Waals surface area contributed by atoms with Gasteiger partial charge in [0.25, 0.3) is 5.91 Å². The van der Waals surface area contributed by atoms with Crippen LogP contribution < -0.4 is 5.32 Å². The number of nitrogens with one attached hydrogen (secondary N) is 1. The minimum absolute atomic E-state index is 0.0497. The molecule has 1 aliphatic rings. The summed E-state index contributed by atoms with van der Waals surface area (Å²) in [5.41, 5.74) is 4.93. The summed E-state index contributed by atoms with van der Waals surface area (Å²) < 4.78 is 2.27. The monoisotopic (exact) mass is 542 g/mol. The first-order valence-electron chi connectivity index (χ1n) is 14.2. The van der Waals surface area contributed by atoms with Crippen LogP contribution in [0.15, 0.2) is 72.8 Å². The molecule has 1 fully saturated rings. The number of halogens is 1. The third-order valence-corrected chi connectivity index (χ3v) is 8.06. The molecule has 1 heterocycles. The second kappa shape index (κ2) is 12.4. The molecule has 0 unspecified atom stereocenters. The molecule has 1 N–H and O–H groups in total. The first kappa shape index (κ1) is 27.4. The number of aryl methyl sites for hydroxylation is 1. The topological polar surface area (TPSA) is 50.2 Å². The van der Waals surface area contributed by atoms with Crippen molar-refractivity contribution in [3.63, 3.8) is 0 Å². The number of amides is 1. The number of nitrogens with zero attached hydrogens (tertiary/aromatic N) is 3. The van der Waals surface area contributed by atoms with Crippen molar-refractivity contribution in [1.29, 1.82) is 0 Å². The van der Waals surface area contributed by atoms with E-state index < -0.39 is 0 Å². The zero-order valence-electron chi connectivity index (χ0n) is 23.2. The van der Waals surface area contributed by atoms with Crippen molar-refractivity contribution in [2.75, 3.05) is 13.1 Å². The number of imidazole rings is 1. The molecule has 5 nitrogen and oxygen atoms in total. The summed E-state index contributed by atoms with van der Waals surface area (Å²) in [5, 5.41) is 4.33. The van der Waals surface area contributed by atoms with Crippen molar-refractivity contribution in [2.45, 2.75) is 65.1 Å². The summed E-state index contributed by atoms with van der Waals surface area (Å²) in [6.45, 7) is 8.66. The summed E-state index contributed by atoms with van der Waals surface area (Å²) in [5.74, 6) is 1.10. The highest BCUT2D eigenvalue weighted by molar-refractivity contribution is 6.31. The maximum atomic E-state index is 14.2. The largest absolute Gasteiger partial charge is 0.328 e. The van der Waals surface area contributed by atoms with Crippen LogP contribution in [0.3, 0.4) is 0 Å². The Hall–Kier alpha value is -3.15. The SMILES string of the molecule is Cc1ccc(C(=O)N(CCCNC2CCC2)[C@@H](c2nc3cc(Cl)ccc3n2Cc2ccccc2)C(C)C)cc1. The number of fused-ring (bicyclic) bond motifs is 1. The lowest BCUT2D eigenvalue weighted by molar-refractivity contribution is 0.0602. The van der Waals surface area contributed by atoms with Gasteiger partial charge in [-0.3, -0.25) is 4.79 Å². The average molecular weight is 543 g/mol. The van der Waals surface area contributed by atoms with Gasteiger partial charge in [-0.1, -0.05) is 79.9 Å². The van der Waals surface area contributed by atoms with E-state index in [1.807, 2.05) is 55.5 Å². The highest BCUT2D eigenvalue weighted by Gasteiger charge is 2.33. The maximum Gasteiger partial charge on any atom is 0.254 e. The molecule has 0 spiro atoms. The predicted octanol–water partition coefficient (Wildman–Crippen LogP) is 7.42. The van der Waals surface area contributed by atoms with E-state index >= 15 is 0 Å². The number of benzene rings is 3. The van der Waals surface area contributed by atoms with Crippen molar-refractivity contribution in [3.8, 4) is 0 Å².